The average Bonchev–Trinajstić information content (AvgIpc) is 3.25. The van der Waals surface area contributed by atoms with Crippen LogP contribution in [0.1, 0.15) is 29.1 Å². The molecule has 0 saturated carbocycles. The van der Waals surface area contributed by atoms with Crippen LogP contribution in [0.3, 0.4) is 0 Å². The Balaban J connectivity index is 1.71. The van der Waals surface area contributed by atoms with Crippen molar-refractivity contribution in [1.29, 1.82) is 0 Å². The number of hydrogen-bond donors (Lipinski definition) is 3. The summed E-state index contributed by atoms with van der Waals surface area (Å²) in [4.78, 5) is 24.6. The molecule has 1 heterocycles. The van der Waals surface area contributed by atoms with E-state index in [-0.39, 0.29) is 22.3 Å². The van der Waals surface area contributed by atoms with Crippen LogP contribution in [0.25, 0.3) is 0 Å². The number of thiophene rings is 1. The fraction of sp³-hybridized carbons (Fsp3) is 0.217. The molecule has 2 aromatic carbocycles. The van der Waals surface area contributed by atoms with Crippen LogP contribution in [0.2, 0.25) is 0 Å². The Kier molecular flexibility index (Phi) is 7.72. The Hall–Kier alpha value is -3.37. The molecule has 0 bridgehead atoms. The minimum Gasteiger partial charge on any atom is -0.449 e. The van der Waals surface area contributed by atoms with Crippen molar-refractivity contribution >= 4 is 50.4 Å². The van der Waals surface area contributed by atoms with Crippen molar-refractivity contribution < 1.29 is 22.7 Å². The molecule has 3 N–H and O–H groups in total. The topological polar surface area (TPSA) is 114 Å². The Morgan fingerprint density at radius 3 is 2.30 bits per heavy atom. The first-order valence-electron chi connectivity index (χ1n) is 10.2. The average molecular weight is 488 g/mol. The van der Waals surface area contributed by atoms with Gasteiger partial charge < -0.3 is 10.1 Å². The predicted molar refractivity (Wildman–Crippen MR) is 131 cm³/mol. The van der Waals surface area contributed by atoms with Crippen LogP contribution in [0.5, 0.6) is 0 Å². The highest BCUT2D eigenvalue weighted by Crippen LogP contribution is 2.26. The Morgan fingerprint density at radius 2 is 1.64 bits per heavy atom. The highest BCUT2D eigenvalue weighted by atomic mass is 32.2. The van der Waals surface area contributed by atoms with Gasteiger partial charge in [0.1, 0.15) is 9.77 Å². The van der Waals surface area contributed by atoms with Gasteiger partial charge in [0.05, 0.1) is 6.61 Å². The molecule has 3 aromatic rings. The van der Waals surface area contributed by atoms with Crippen molar-refractivity contribution in [2.24, 2.45) is 5.92 Å². The first kappa shape index (κ1) is 24.3. The lowest BCUT2D eigenvalue weighted by Gasteiger charge is -2.11. The number of nitrogens with one attached hydrogen (secondary N) is 3. The number of rotatable bonds is 8. The molecule has 0 spiro atoms. The number of ether oxygens (including phenoxy) is 1. The van der Waals surface area contributed by atoms with Gasteiger partial charge in [-0.2, -0.15) is 0 Å². The highest BCUT2D eigenvalue weighted by molar-refractivity contribution is 7.93. The molecule has 0 unspecified atom stereocenters. The number of hydrogen-bond acceptors (Lipinski definition) is 6. The Bertz CT molecular complexity index is 1230. The molecule has 0 aliphatic carbocycles. The zero-order valence-electron chi connectivity index (χ0n) is 18.4. The number of amides is 2. The smallest absolute Gasteiger partial charge is 0.411 e. The zero-order valence-corrected chi connectivity index (χ0v) is 20.0. The van der Waals surface area contributed by atoms with Crippen LogP contribution in [0.4, 0.5) is 21.9 Å². The molecule has 0 fully saturated rings. The van der Waals surface area contributed by atoms with Crippen molar-refractivity contribution in [1.82, 2.24) is 0 Å². The largest absolute Gasteiger partial charge is 0.449 e. The second-order valence-corrected chi connectivity index (χ2v) is 10.3. The number of carbonyl (C=O) groups is 2. The van der Waals surface area contributed by atoms with Gasteiger partial charge >= 0.3 is 6.09 Å². The third-order valence-electron chi connectivity index (χ3n) is 4.34. The normalized spacial score (nSPS) is 11.2. The minimum absolute atomic E-state index is 0.0457. The number of benzene rings is 2. The molecular formula is C23H25N3O5S2. The van der Waals surface area contributed by atoms with Crippen LogP contribution >= 0.6 is 11.3 Å². The lowest BCUT2D eigenvalue weighted by molar-refractivity contribution is 0.102. The summed E-state index contributed by atoms with van der Waals surface area (Å²) in [6.45, 7) is 6.05. The lowest BCUT2D eigenvalue weighted by Crippen LogP contribution is -2.19. The van der Waals surface area contributed by atoms with Crippen molar-refractivity contribution in [3.63, 3.8) is 0 Å². The first-order chi connectivity index (χ1) is 15.6. The second-order valence-electron chi connectivity index (χ2n) is 7.74. The number of anilines is 3. The minimum atomic E-state index is -3.96. The molecule has 33 heavy (non-hydrogen) atoms. The molecule has 3 rings (SSSR count). The van der Waals surface area contributed by atoms with E-state index in [0.717, 1.165) is 16.9 Å². The maximum Gasteiger partial charge on any atom is 0.411 e. The third kappa shape index (κ3) is 6.80. The van der Waals surface area contributed by atoms with Crippen LogP contribution in [-0.4, -0.2) is 27.0 Å². The summed E-state index contributed by atoms with van der Waals surface area (Å²) < 4.78 is 33.3. The molecule has 174 valence electrons. The fourth-order valence-electron chi connectivity index (χ4n) is 2.77. The van der Waals surface area contributed by atoms with E-state index in [9.17, 15) is 18.0 Å². The standard InChI is InChI=1S/C23H25N3O5S2/c1-15(2)14-31-23(28)25-19-6-4-5-18(13-19)24-22(27)21-20(11-12-32-21)33(29,30)26-17-9-7-16(3)8-10-17/h4-13,15,26H,14H2,1-3H3,(H,24,27)(H,25,28). The van der Waals surface area contributed by atoms with E-state index in [2.05, 4.69) is 15.4 Å². The van der Waals surface area contributed by atoms with Gasteiger partial charge in [0.15, 0.2) is 0 Å². The van der Waals surface area contributed by atoms with E-state index in [4.69, 9.17) is 4.74 Å². The predicted octanol–water partition coefficient (Wildman–Crippen LogP) is 5.31. The summed E-state index contributed by atoms with van der Waals surface area (Å²) in [5, 5.41) is 6.82. The molecule has 10 heteroatoms. The van der Waals surface area contributed by atoms with Crippen LogP contribution < -0.4 is 15.4 Å². The van der Waals surface area contributed by atoms with Gasteiger partial charge in [-0.3, -0.25) is 14.8 Å². The van der Waals surface area contributed by atoms with Gasteiger partial charge in [-0.15, -0.1) is 11.3 Å². The van der Waals surface area contributed by atoms with E-state index in [1.165, 1.54) is 6.07 Å². The van der Waals surface area contributed by atoms with E-state index in [1.807, 2.05) is 20.8 Å². The van der Waals surface area contributed by atoms with Gasteiger partial charge in [-0.25, -0.2) is 13.2 Å². The Morgan fingerprint density at radius 1 is 0.970 bits per heavy atom. The maximum atomic E-state index is 12.9. The lowest BCUT2D eigenvalue weighted by atomic mass is 10.2. The molecule has 8 nitrogen and oxygen atoms in total. The summed E-state index contributed by atoms with van der Waals surface area (Å²) in [6.07, 6.45) is -0.596. The molecular weight excluding hydrogens is 462 g/mol. The summed E-state index contributed by atoms with van der Waals surface area (Å²) in [7, 11) is -3.96. The molecule has 0 atom stereocenters. The molecule has 0 radical (unpaired) electrons. The third-order valence-corrected chi connectivity index (χ3v) is 6.81. The van der Waals surface area contributed by atoms with Gasteiger partial charge in [0, 0.05) is 17.1 Å². The van der Waals surface area contributed by atoms with Gasteiger partial charge in [0.2, 0.25) is 0 Å². The maximum absolute atomic E-state index is 12.9. The van der Waals surface area contributed by atoms with Crippen molar-refractivity contribution in [2.75, 3.05) is 22.0 Å². The van der Waals surface area contributed by atoms with E-state index in [1.54, 1.807) is 53.9 Å². The molecule has 0 saturated heterocycles. The summed E-state index contributed by atoms with van der Waals surface area (Å²) in [5.41, 5.74) is 2.23. The number of carbonyl (C=O) groups excluding carboxylic acids is 2. The number of aryl methyl sites for hydroxylation is 1. The van der Waals surface area contributed by atoms with Crippen LogP contribution in [-0.2, 0) is 14.8 Å². The molecule has 1 aromatic heterocycles. The monoisotopic (exact) mass is 487 g/mol. The van der Waals surface area contributed by atoms with Gasteiger partial charge in [-0.1, -0.05) is 37.6 Å². The first-order valence-corrected chi connectivity index (χ1v) is 12.5. The van der Waals surface area contributed by atoms with Gasteiger partial charge in [-0.05, 0) is 54.6 Å². The van der Waals surface area contributed by atoms with Crippen molar-refractivity contribution in [2.45, 2.75) is 25.7 Å². The zero-order chi connectivity index (χ0) is 24.0. The van der Waals surface area contributed by atoms with Crippen LogP contribution in [0, 0.1) is 12.8 Å². The Labute approximate surface area is 197 Å². The summed E-state index contributed by atoms with van der Waals surface area (Å²) in [6, 6.07) is 14.8. The van der Waals surface area contributed by atoms with Gasteiger partial charge in [0.25, 0.3) is 15.9 Å². The quantitative estimate of drug-likeness (QED) is 0.398. The molecule has 0 aliphatic rings. The van der Waals surface area contributed by atoms with Crippen molar-refractivity contribution in [3.8, 4) is 0 Å². The molecule has 0 aliphatic heterocycles. The summed E-state index contributed by atoms with van der Waals surface area (Å²) >= 11 is 1.02. The highest BCUT2D eigenvalue weighted by Gasteiger charge is 2.24. The molecule has 2 amide bonds. The van der Waals surface area contributed by atoms with E-state index < -0.39 is 22.0 Å². The summed E-state index contributed by atoms with van der Waals surface area (Å²) in [5.74, 6) is -0.369. The van der Waals surface area contributed by atoms with Crippen molar-refractivity contribution in [3.05, 3.63) is 70.4 Å². The number of sulfonamides is 1. The SMILES string of the molecule is Cc1ccc(NS(=O)(=O)c2ccsc2C(=O)Nc2cccc(NC(=O)OCC(C)C)c2)cc1. The van der Waals surface area contributed by atoms with Crippen LogP contribution in [0.15, 0.2) is 64.9 Å². The second kappa shape index (κ2) is 10.5. The fourth-order valence-corrected chi connectivity index (χ4v) is 5.15. The van der Waals surface area contributed by atoms with E-state index >= 15 is 0 Å². The van der Waals surface area contributed by atoms with E-state index in [0.29, 0.717) is 17.1 Å².